The number of unbranched alkanes of at least 4 members (excludes halogenated alkanes) is 4. The number of primary amides is 1. The van der Waals surface area contributed by atoms with Gasteiger partial charge in [-0.25, -0.2) is 24.2 Å². The zero-order chi connectivity index (χ0) is 94.2. The fourth-order valence-electron chi connectivity index (χ4n) is 14.6. The van der Waals surface area contributed by atoms with Crippen molar-refractivity contribution in [1.82, 2.24) is 40.4 Å². The van der Waals surface area contributed by atoms with Crippen LogP contribution < -0.4 is 31.3 Å². The Balaban J connectivity index is 0.000000622. The van der Waals surface area contributed by atoms with Crippen LogP contribution in [0.1, 0.15) is 175 Å². The molecule has 0 aromatic heterocycles. The van der Waals surface area contributed by atoms with Crippen LogP contribution >= 0.6 is 36.0 Å². The van der Waals surface area contributed by atoms with E-state index in [9.17, 15) is 77.0 Å². The number of aliphatic imine (C=N–C) groups is 1. The monoisotopic (exact) mass is 1820 g/mol. The number of fused-ring (bicyclic) bond motifs is 5. The molecule has 0 saturated carbocycles. The summed E-state index contributed by atoms with van der Waals surface area (Å²) in [5.41, 5.74) is 4.99. The number of rotatable bonds is 38. The first-order valence-corrected chi connectivity index (χ1v) is 43.6. The molecule has 10 atom stereocenters. The van der Waals surface area contributed by atoms with Crippen LogP contribution in [0.3, 0.4) is 0 Å². The number of epoxide rings is 1. The summed E-state index contributed by atoms with van der Waals surface area (Å²) in [6, 6.07) is 7.54. The summed E-state index contributed by atoms with van der Waals surface area (Å²) in [7, 11) is 7.31. The molecule has 0 spiro atoms. The minimum atomic E-state index is -1.66. The Bertz CT molecular complexity index is 4490. The van der Waals surface area contributed by atoms with E-state index in [1.165, 1.54) is 108 Å². The number of imide groups is 3. The maximum absolute atomic E-state index is 14.5. The summed E-state index contributed by atoms with van der Waals surface area (Å²) in [6.45, 7) is 18.2. The van der Waals surface area contributed by atoms with E-state index in [1.54, 1.807) is 83.2 Å². The SMILES string of the molecule is CC(C)(C)OC(=O)NCCCCN1C(=O)C=CC1=O.COc1cc2cc(c1Cl)N(C)C(=O)C[C@H](OC(=O)[C@H](C)N(C)C(=O)CCN(C)C(=O)OCc1ccc(CC(=O)[C@H](CCCNC(N)=O)NC(=O)[C@@H](CC(=S)CCCCCN3C(=O)C=CC3=O)C(C)C)cc1)[C@]1(C)O[C@H]1[C@H](C)[C@@H]1C[C@@](O)(CC(=O)O1)[C@H](OC)/C=C/C=C(\C)C2.O=C1C=CC(=O)N1CCCCN=C=S. The van der Waals surface area contributed by atoms with Gasteiger partial charge >= 0.3 is 30.2 Å². The number of methoxy groups -OCH3 is 2. The van der Waals surface area contributed by atoms with Crippen molar-refractivity contribution in [2.24, 2.45) is 28.5 Å². The molecule has 4 bridgehead atoms. The van der Waals surface area contributed by atoms with Gasteiger partial charge in [-0.05, 0) is 164 Å². The lowest BCUT2D eigenvalue weighted by Gasteiger charge is -2.41. The fraction of sp³-hybridized carbons (Fsp3) is 0.567. The average molecular weight is 1830 g/mol. The number of amides is 13. The second kappa shape index (κ2) is 50.1. The van der Waals surface area contributed by atoms with Gasteiger partial charge in [-0.1, -0.05) is 99.1 Å². The first kappa shape index (κ1) is 105. The van der Waals surface area contributed by atoms with E-state index in [0.29, 0.717) is 105 Å². The average Bonchev–Trinajstić information content (AvgIpc) is 1.57. The number of hydrogen-bond acceptors (Lipinski definition) is 26. The number of aliphatic hydroxyl groups is 1. The number of halogens is 1. The van der Waals surface area contributed by atoms with Crippen molar-refractivity contribution in [3.05, 3.63) is 118 Å². The van der Waals surface area contributed by atoms with Gasteiger partial charge in [0.25, 0.3) is 35.4 Å². The molecule has 37 heteroatoms. The third-order valence-electron chi connectivity index (χ3n) is 22.3. The Hall–Kier alpha value is -10.8. The first-order chi connectivity index (χ1) is 59.9. The molecule has 13 amide bonds. The Morgan fingerprint density at radius 3 is 1.93 bits per heavy atom. The quantitative estimate of drug-likeness (QED) is 0.00795. The number of nitrogens with one attached hydrogen (secondary N) is 3. The highest BCUT2D eigenvalue weighted by Crippen LogP contribution is 2.50. The van der Waals surface area contributed by atoms with E-state index in [4.69, 9.17) is 62.7 Å². The summed E-state index contributed by atoms with van der Waals surface area (Å²) in [5.74, 6) is -5.66. The molecule has 0 radical (unpaired) electrons. The van der Waals surface area contributed by atoms with E-state index in [1.807, 2.05) is 26.8 Å². The molecule has 694 valence electrons. The molecule has 127 heavy (non-hydrogen) atoms. The largest absolute Gasteiger partial charge is 0.495 e. The van der Waals surface area contributed by atoms with Crippen molar-refractivity contribution < 1.29 is 110 Å². The number of Topliss-reactive ketones (excluding diaryl/α,β-unsaturated/α-hetero) is 1. The minimum Gasteiger partial charge on any atom is -0.495 e. The number of allylic oxidation sites excluding steroid dienone is 3. The molecule has 34 nitrogen and oxygen atoms in total. The van der Waals surface area contributed by atoms with Crippen molar-refractivity contribution >= 4 is 141 Å². The Morgan fingerprint density at radius 1 is 0.795 bits per heavy atom. The van der Waals surface area contributed by atoms with Gasteiger partial charge in [0.15, 0.2) is 5.78 Å². The molecule has 0 unspecified atom stereocenters. The lowest BCUT2D eigenvalue weighted by molar-refractivity contribution is -0.187. The Labute approximate surface area is 757 Å². The molecule has 2 aromatic rings. The summed E-state index contributed by atoms with van der Waals surface area (Å²) in [4.78, 5) is 200. The number of benzene rings is 2. The van der Waals surface area contributed by atoms with Crippen LogP contribution in [0.25, 0.3) is 0 Å². The van der Waals surface area contributed by atoms with Crippen molar-refractivity contribution in [2.75, 3.05) is 86.1 Å². The predicted molar refractivity (Wildman–Crippen MR) is 478 cm³/mol. The molecular formula is C90H122ClN11O23S2. The predicted octanol–water partition coefficient (Wildman–Crippen LogP) is 9.00. The van der Waals surface area contributed by atoms with Crippen LogP contribution in [0.15, 0.2) is 102 Å². The fourth-order valence-corrected chi connectivity index (χ4v) is 15.3. The maximum Gasteiger partial charge on any atom is 0.409 e. The lowest BCUT2D eigenvalue weighted by atomic mass is 9.78. The van der Waals surface area contributed by atoms with E-state index in [-0.39, 0.29) is 110 Å². The lowest BCUT2D eigenvalue weighted by Crippen LogP contribution is -2.53. The number of carbonyl (C=O) groups excluding carboxylic acids is 15. The molecular weight excluding hydrogens is 1700 g/mol. The number of ether oxygens (including phenoxy) is 7. The number of hydrogen-bond donors (Lipinski definition) is 5. The molecule has 2 saturated heterocycles. The molecule has 6 aliphatic heterocycles. The minimum absolute atomic E-state index is 0.0121. The van der Waals surface area contributed by atoms with E-state index < -0.39 is 114 Å². The van der Waals surface area contributed by atoms with Crippen LogP contribution in [0.4, 0.5) is 20.1 Å². The number of anilines is 1. The number of likely N-dealkylation sites (N-methyl/N-ethyl adjacent to an activating group) is 1. The zero-order valence-corrected chi connectivity index (χ0v) is 77.3. The summed E-state index contributed by atoms with van der Waals surface area (Å²) in [6.07, 6.45) is 13.8. The molecule has 6 N–H and O–H groups in total. The van der Waals surface area contributed by atoms with Crippen molar-refractivity contribution in [3.8, 4) is 5.75 Å². The Kier molecular flexibility index (Phi) is 41.4. The molecule has 8 rings (SSSR count). The summed E-state index contributed by atoms with van der Waals surface area (Å²) < 4.78 is 40.4. The molecule has 6 aliphatic rings. The topological polar surface area (TPSA) is 438 Å². The highest BCUT2D eigenvalue weighted by Gasteiger charge is 2.65. The molecule has 2 aromatic carbocycles. The van der Waals surface area contributed by atoms with Crippen molar-refractivity contribution in [3.63, 3.8) is 0 Å². The van der Waals surface area contributed by atoms with Crippen LogP contribution in [0, 0.1) is 17.8 Å². The zero-order valence-electron chi connectivity index (χ0n) is 74.9. The third-order valence-corrected chi connectivity index (χ3v) is 23.1. The van der Waals surface area contributed by atoms with Gasteiger partial charge in [0, 0.05) is 142 Å². The Morgan fingerprint density at radius 2 is 1.37 bits per heavy atom. The van der Waals surface area contributed by atoms with Crippen LogP contribution in [0.5, 0.6) is 5.75 Å². The molecule has 2 fully saturated rings. The van der Waals surface area contributed by atoms with Gasteiger partial charge in [-0.15, -0.1) is 0 Å². The van der Waals surface area contributed by atoms with Crippen LogP contribution in [-0.2, 0) is 105 Å². The highest BCUT2D eigenvalue weighted by molar-refractivity contribution is 7.80. The second-order valence-electron chi connectivity index (χ2n) is 33.6. The number of urea groups is 1. The third kappa shape index (κ3) is 32.8. The number of nitrogens with zero attached hydrogens (tertiary/aromatic N) is 7. The van der Waals surface area contributed by atoms with E-state index in [0.717, 1.165) is 36.8 Å². The van der Waals surface area contributed by atoms with Gasteiger partial charge in [-0.3, -0.25) is 67.4 Å². The number of alkyl carbamates (subject to hydrolysis) is 1. The van der Waals surface area contributed by atoms with Crippen molar-refractivity contribution in [2.45, 2.75) is 231 Å². The summed E-state index contributed by atoms with van der Waals surface area (Å²) >= 11 is 16.9. The normalized spacial score (nSPS) is 21.6. The second-order valence-corrected chi connectivity index (χ2v) is 34.7. The van der Waals surface area contributed by atoms with Gasteiger partial charge in [0.1, 0.15) is 58.5 Å². The number of ketones is 1. The number of isothiocyanates is 1. The van der Waals surface area contributed by atoms with E-state index >= 15 is 0 Å². The smallest absolute Gasteiger partial charge is 0.409 e. The van der Waals surface area contributed by atoms with Crippen molar-refractivity contribution in [1.29, 1.82) is 0 Å². The highest BCUT2D eigenvalue weighted by atomic mass is 35.5. The number of carbonyl (C=O) groups is 15. The summed E-state index contributed by atoms with van der Waals surface area (Å²) in [5, 5.41) is 22.5. The van der Waals surface area contributed by atoms with Gasteiger partial charge in [0.05, 0.1) is 42.9 Å². The molecule has 6 heterocycles. The van der Waals surface area contributed by atoms with Gasteiger partial charge < -0.3 is 74.6 Å². The number of esters is 2. The first-order valence-electron chi connectivity index (χ1n) is 42.4. The standard InChI is InChI=1S/C68H92ClN7O17S.C13H20N2O4.C9H10N2O2S/c1-40(2)48(35-47(94)18-13-12-14-29-76-57(79)25-26-58(76)80)63(83)72-49(19-16-28-71-65(70)85)51(77)33-44-21-23-45(24-22-44)39-90-66(86)73(7)30-27-56(78)74(8)43(5)64(84)92-55-36-59(81)75(9)50-32-46(34-52(88-10)61(50)69)31-41(3)17-15-20-54(89-11)68(87)37-53(91-60(82)38-68)42(4)62-67(55,6)93-62;1-13(2,3)19-12(18)14-8-4-5-9-15-10(16)6-7-11(15)17;12-8-3-4-9(13)11(8)6-2-1-5-10-7-14/h15,17,20-26,32,34,40,42-43,48-49,53-55,62,87H,12-14,16,18-19,27-31,33,35-39H2,1-11H3,(H,72,83)(H3,70,71,85);6-7H,4-5,8-9H2,1-3H3,(H,14,18);3-4H,1-2,5-6H2/b20-15+,41-17+;;/t42-,43+,48+,49+,53+,54-,55+,62+,67+,68-;;/m1../s1. The van der Waals surface area contributed by atoms with Crippen LogP contribution in [0.2, 0.25) is 5.02 Å². The van der Waals surface area contributed by atoms with Crippen LogP contribution in [-0.4, -0.2) is 263 Å². The van der Waals surface area contributed by atoms with Gasteiger partial charge in [0.2, 0.25) is 17.7 Å². The van der Waals surface area contributed by atoms with Gasteiger partial charge in [-0.2, -0.15) is 0 Å². The number of thiocarbonyl (C=S) groups is 2. The number of nitrogens with two attached hydrogens (primary N) is 1. The van der Waals surface area contributed by atoms with E-state index in [2.05, 4.69) is 38.3 Å². The maximum atomic E-state index is 14.5. The molecule has 0 aliphatic carbocycles.